The van der Waals surface area contributed by atoms with Gasteiger partial charge in [0.1, 0.15) is 0 Å². The third kappa shape index (κ3) is 3.57. The molecule has 0 radical (unpaired) electrons. The van der Waals surface area contributed by atoms with Gasteiger partial charge in [-0.25, -0.2) is 4.98 Å². The Morgan fingerprint density at radius 1 is 1.40 bits per heavy atom. The summed E-state index contributed by atoms with van der Waals surface area (Å²) in [4.78, 5) is 4.33. The Labute approximate surface area is 92.9 Å². The summed E-state index contributed by atoms with van der Waals surface area (Å²) < 4.78 is 2.24. The number of nitrogens with zero attached hydrogens (tertiary/aromatic N) is 2. The van der Waals surface area contributed by atoms with E-state index in [1.54, 1.807) is 0 Å². The zero-order chi connectivity index (χ0) is 11.1. The maximum atomic E-state index is 4.33. The van der Waals surface area contributed by atoms with E-state index >= 15 is 0 Å². The smallest absolute Gasteiger partial charge is 0.203 e. The molecule has 0 aliphatic heterocycles. The Kier molecular flexibility index (Phi) is 5.22. The van der Waals surface area contributed by atoms with E-state index in [0.29, 0.717) is 6.04 Å². The maximum absolute atomic E-state index is 4.33. The summed E-state index contributed by atoms with van der Waals surface area (Å²) in [6, 6.07) is 0.548. The topological polar surface area (TPSA) is 29.9 Å². The second-order valence-corrected chi connectivity index (χ2v) is 4.08. The molecule has 0 spiro atoms. The van der Waals surface area contributed by atoms with Crippen LogP contribution in [0, 0.1) is 0 Å². The lowest BCUT2D eigenvalue weighted by Gasteiger charge is -2.16. The predicted octanol–water partition coefficient (Wildman–Crippen LogP) is 3.46. The molecule has 3 nitrogen and oxygen atoms in total. The summed E-state index contributed by atoms with van der Waals surface area (Å²) in [6.45, 7) is 7.66. The van der Waals surface area contributed by atoms with E-state index in [2.05, 4.69) is 41.8 Å². The van der Waals surface area contributed by atoms with Crippen molar-refractivity contribution >= 4 is 5.95 Å². The van der Waals surface area contributed by atoms with Gasteiger partial charge in [-0.1, -0.05) is 26.7 Å². The predicted molar refractivity (Wildman–Crippen MR) is 65.2 cm³/mol. The van der Waals surface area contributed by atoms with Crippen LogP contribution in [0.1, 0.15) is 52.5 Å². The number of rotatable bonds is 7. The van der Waals surface area contributed by atoms with Gasteiger partial charge in [0.2, 0.25) is 5.95 Å². The lowest BCUT2D eigenvalue weighted by atomic mass is 10.1. The van der Waals surface area contributed by atoms with Gasteiger partial charge in [-0.3, -0.25) is 0 Å². The fourth-order valence-corrected chi connectivity index (χ4v) is 1.68. The second-order valence-electron chi connectivity index (χ2n) is 4.08. The van der Waals surface area contributed by atoms with E-state index < -0.39 is 0 Å². The Morgan fingerprint density at radius 3 is 2.87 bits per heavy atom. The van der Waals surface area contributed by atoms with Gasteiger partial charge in [0, 0.05) is 25.0 Å². The molecule has 15 heavy (non-hydrogen) atoms. The molecular weight excluding hydrogens is 186 g/mol. The molecule has 0 fully saturated rings. The fourth-order valence-electron chi connectivity index (χ4n) is 1.68. The number of imidazole rings is 1. The van der Waals surface area contributed by atoms with Gasteiger partial charge < -0.3 is 9.88 Å². The molecule has 0 aromatic carbocycles. The number of anilines is 1. The number of hydrogen-bond acceptors (Lipinski definition) is 2. The van der Waals surface area contributed by atoms with E-state index in [4.69, 9.17) is 0 Å². The molecule has 1 rings (SSSR count). The molecule has 3 heteroatoms. The Bertz CT molecular complexity index is 268. The first-order chi connectivity index (χ1) is 7.29. The van der Waals surface area contributed by atoms with E-state index in [1.807, 2.05) is 6.20 Å². The van der Waals surface area contributed by atoms with Crippen LogP contribution in [0.25, 0.3) is 0 Å². The number of nitrogens with one attached hydrogen (secondary N) is 1. The molecule has 0 saturated carbocycles. The van der Waals surface area contributed by atoms with E-state index in [9.17, 15) is 0 Å². The molecule has 1 aromatic heterocycles. The molecule has 0 aliphatic carbocycles. The summed E-state index contributed by atoms with van der Waals surface area (Å²) in [5.74, 6) is 1.01. The highest BCUT2D eigenvalue weighted by Gasteiger charge is 2.08. The third-order valence-electron chi connectivity index (χ3n) is 2.65. The molecule has 0 amide bonds. The third-order valence-corrected chi connectivity index (χ3v) is 2.65. The van der Waals surface area contributed by atoms with E-state index in [1.165, 1.54) is 19.3 Å². The number of aromatic nitrogens is 2. The largest absolute Gasteiger partial charge is 0.356 e. The SMILES string of the molecule is CCCCC(C)n1ccnc1NCCC. The molecule has 1 heterocycles. The van der Waals surface area contributed by atoms with Crippen molar-refractivity contribution in [1.82, 2.24) is 9.55 Å². The van der Waals surface area contributed by atoms with Gasteiger partial charge in [0.15, 0.2) is 0 Å². The molecule has 1 unspecified atom stereocenters. The van der Waals surface area contributed by atoms with Gasteiger partial charge in [-0.05, 0) is 19.8 Å². The normalized spacial score (nSPS) is 12.7. The first-order valence-corrected chi connectivity index (χ1v) is 6.06. The van der Waals surface area contributed by atoms with Crippen LogP contribution in [0.15, 0.2) is 12.4 Å². The van der Waals surface area contributed by atoms with E-state index in [-0.39, 0.29) is 0 Å². The highest BCUT2D eigenvalue weighted by Crippen LogP contribution is 2.18. The number of hydrogen-bond donors (Lipinski definition) is 1. The van der Waals surface area contributed by atoms with Crippen molar-refractivity contribution in [2.24, 2.45) is 0 Å². The lowest BCUT2D eigenvalue weighted by Crippen LogP contribution is -2.11. The molecule has 0 bridgehead atoms. The molecular formula is C12H23N3. The van der Waals surface area contributed by atoms with Crippen LogP contribution < -0.4 is 5.32 Å². The first-order valence-electron chi connectivity index (χ1n) is 6.06. The van der Waals surface area contributed by atoms with Crippen molar-refractivity contribution in [2.45, 2.75) is 52.5 Å². The Balaban J connectivity index is 2.54. The minimum Gasteiger partial charge on any atom is -0.356 e. The highest BCUT2D eigenvalue weighted by atomic mass is 15.2. The Hall–Kier alpha value is -0.990. The van der Waals surface area contributed by atoms with Gasteiger partial charge in [0.25, 0.3) is 0 Å². The van der Waals surface area contributed by atoms with Crippen LogP contribution >= 0.6 is 0 Å². The zero-order valence-corrected chi connectivity index (χ0v) is 10.2. The van der Waals surface area contributed by atoms with Crippen molar-refractivity contribution in [3.63, 3.8) is 0 Å². The standard InChI is InChI=1S/C12H23N3/c1-4-6-7-11(3)15-10-9-14-12(15)13-8-5-2/h9-11H,4-8H2,1-3H3,(H,13,14). The van der Waals surface area contributed by atoms with Crippen LogP contribution in [-0.4, -0.2) is 16.1 Å². The minimum absolute atomic E-state index is 0.548. The van der Waals surface area contributed by atoms with Crippen molar-refractivity contribution in [3.8, 4) is 0 Å². The van der Waals surface area contributed by atoms with Crippen molar-refractivity contribution < 1.29 is 0 Å². The molecule has 0 saturated heterocycles. The highest BCUT2D eigenvalue weighted by molar-refractivity contribution is 5.26. The summed E-state index contributed by atoms with van der Waals surface area (Å²) >= 11 is 0. The molecule has 1 aromatic rings. The van der Waals surface area contributed by atoms with Crippen molar-refractivity contribution in [1.29, 1.82) is 0 Å². The average molecular weight is 209 g/mol. The quantitative estimate of drug-likeness (QED) is 0.745. The first kappa shape index (κ1) is 12.1. The van der Waals surface area contributed by atoms with E-state index in [0.717, 1.165) is 18.9 Å². The summed E-state index contributed by atoms with van der Waals surface area (Å²) in [5.41, 5.74) is 0. The molecule has 1 N–H and O–H groups in total. The van der Waals surface area contributed by atoms with Crippen LogP contribution in [0.3, 0.4) is 0 Å². The van der Waals surface area contributed by atoms with Crippen LogP contribution in [0.2, 0.25) is 0 Å². The van der Waals surface area contributed by atoms with Gasteiger partial charge >= 0.3 is 0 Å². The van der Waals surface area contributed by atoms with Crippen LogP contribution in [0.4, 0.5) is 5.95 Å². The molecule has 0 aliphatic rings. The fraction of sp³-hybridized carbons (Fsp3) is 0.750. The van der Waals surface area contributed by atoms with Gasteiger partial charge in [-0.15, -0.1) is 0 Å². The zero-order valence-electron chi connectivity index (χ0n) is 10.2. The average Bonchev–Trinajstić information content (AvgIpc) is 2.71. The summed E-state index contributed by atoms with van der Waals surface area (Å²) in [7, 11) is 0. The molecule has 86 valence electrons. The molecule has 1 atom stereocenters. The van der Waals surface area contributed by atoms with Crippen molar-refractivity contribution in [2.75, 3.05) is 11.9 Å². The lowest BCUT2D eigenvalue weighted by molar-refractivity contribution is 0.489. The van der Waals surface area contributed by atoms with Crippen molar-refractivity contribution in [3.05, 3.63) is 12.4 Å². The monoisotopic (exact) mass is 209 g/mol. The van der Waals surface area contributed by atoms with Crippen LogP contribution in [-0.2, 0) is 0 Å². The summed E-state index contributed by atoms with van der Waals surface area (Å²) in [6.07, 6.45) is 8.85. The van der Waals surface area contributed by atoms with Gasteiger partial charge in [0.05, 0.1) is 0 Å². The maximum Gasteiger partial charge on any atom is 0.203 e. The number of unbranched alkanes of at least 4 members (excludes halogenated alkanes) is 1. The second kappa shape index (κ2) is 6.49. The minimum atomic E-state index is 0.548. The van der Waals surface area contributed by atoms with Gasteiger partial charge in [-0.2, -0.15) is 0 Å². The van der Waals surface area contributed by atoms with Crippen LogP contribution in [0.5, 0.6) is 0 Å². The Morgan fingerprint density at radius 2 is 2.20 bits per heavy atom. The summed E-state index contributed by atoms with van der Waals surface area (Å²) in [5, 5.41) is 3.35.